The van der Waals surface area contributed by atoms with Crippen molar-refractivity contribution < 1.29 is 9.53 Å². The van der Waals surface area contributed by atoms with Crippen LogP contribution >= 0.6 is 11.6 Å². The van der Waals surface area contributed by atoms with Crippen LogP contribution in [0.15, 0.2) is 30.0 Å². The third-order valence-electron chi connectivity index (χ3n) is 3.31. The second kappa shape index (κ2) is 5.61. The molecule has 3 rings (SSSR count). The minimum Gasteiger partial charge on any atom is -0.488 e. The van der Waals surface area contributed by atoms with E-state index in [1.807, 2.05) is 6.92 Å². The van der Waals surface area contributed by atoms with Crippen molar-refractivity contribution in [3.05, 3.63) is 46.1 Å². The molecule has 1 aromatic carbocycles. The molecule has 0 saturated carbocycles. The zero-order chi connectivity index (χ0) is 14.8. The fraction of sp³-hybridized carbons (Fsp3) is 0.200. The van der Waals surface area contributed by atoms with Crippen molar-refractivity contribution in [2.45, 2.75) is 13.3 Å². The number of carbonyl (C=O) groups is 1. The smallest absolute Gasteiger partial charge is 0.256 e. The van der Waals surface area contributed by atoms with Crippen LogP contribution in [0.3, 0.4) is 0 Å². The fourth-order valence-electron chi connectivity index (χ4n) is 2.16. The molecule has 2 heterocycles. The first kappa shape index (κ1) is 13.7. The van der Waals surface area contributed by atoms with Crippen LogP contribution in [0.1, 0.15) is 18.1 Å². The summed E-state index contributed by atoms with van der Waals surface area (Å²) in [5.74, 6) is 1.15. The Hall–Kier alpha value is -2.27. The number of halogens is 1. The lowest BCUT2D eigenvalue weighted by molar-refractivity contribution is -0.113. The maximum Gasteiger partial charge on any atom is 0.256 e. The predicted molar refractivity (Wildman–Crippen MR) is 81.5 cm³/mol. The van der Waals surface area contributed by atoms with Gasteiger partial charge in [-0.1, -0.05) is 18.5 Å². The quantitative estimate of drug-likeness (QED) is 0.916. The molecule has 6 heteroatoms. The number of amides is 1. The molecular weight excluding hydrogens is 290 g/mol. The number of aromatic amines is 1. The van der Waals surface area contributed by atoms with Crippen LogP contribution in [0.25, 0.3) is 6.08 Å². The summed E-state index contributed by atoms with van der Waals surface area (Å²) in [5.41, 5.74) is 2.31. The first-order valence-electron chi connectivity index (χ1n) is 6.64. The standard InChI is InChI=1S/C15H14ClN3O2/c1-2-9-7-17-19-14(9)18-15(20)11-5-10-6-12(16)3-4-13(10)21-8-11/h3-7H,2,8H2,1H3,(H2,17,18,19,20). The number of hydrogen-bond acceptors (Lipinski definition) is 3. The highest BCUT2D eigenvalue weighted by atomic mass is 35.5. The number of fused-ring (bicyclic) bond motifs is 1. The second-order valence-electron chi connectivity index (χ2n) is 4.72. The van der Waals surface area contributed by atoms with Crippen molar-refractivity contribution in [1.29, 1.82) is 0 Å². The Kier molecular flexibility index (Phi) is 3.66. The number of aromatic nitrogens is 2. The molecule has 0 saturated heterocycles. The molecule has 2 N–H and O–H groups in total. The molecule has 2 aromatic rings. The largest absolute Gasteiger partial charge is 0.488 e. The van der Waals surface area contributed by atoms with E-state index in [1.54, 1.807) is 30.5 Å². The lowest BCUT2D eigenvalue weighted by Gasteiger charge is -2.17. The Balaban J connectivity index is 1.83. The average molecular weight is 304 g/mol. The van der Waals surface area contributed by atoms with Crippen LogP contribution < -0.4 is 10.1 Å². The van der Waals surface area contributed by atoms with Gasteiger partial charge in [0, 0.05) is 16.1 Å². The number of nitrogens with one attached hydrogen (secondary N) is 2. The van der Waals surface area contributed by atoms with E-state index in [0.717, 1.165) is 23.3 Å². The molecular formula is C15H14ClN3O2. The summed E-state index contributed by atoms with van der Waals surface area (Å²) in [6.07, 6.45) is 4.29. The van der Waals surface area contributed by atoms with Crippen LogP contribution in [-0.4, -0.2) is 22.7 Å². The molecule has 0 unspecified atom stereocenters. The van der Waals surface area contributed by atoms with Crippen LogP contribution in [0.5, 0.6) is 5.75 Å². The molecule has 21 heavy (non-hydrogen) atoms. The van der Waals surface area contributed by atoms with Gasteiger partial charge in [-0.3, -0.25) is 9.89 Å². The van der Waals surface area contributed by atoms with E-state index in [1.165, 1.54) is 0 Å². The summed E-state index contributed by atoms with van der Waals surface area (Å²) in [4.78, 5) is 12.3. The van der Waals surface area contributed by atoms with E-state index < -0.39 is 0 Å². The van der Waals surface area contributed by atoms with Crippen molar-refractivity contribution in [2.24, 2.45) is 0 Å². The van der Waals surface area contributed by atoms with E-state index in [9.17, 15) is 4.79 Å². The molecule has 0 atom stereocenters. The summed E-state index contributed by atoms with van der Waals surface area (Å²) >= 11 is 5.96. The summed E-state index contributed by atoms with van der Waals surface area (Å²) < 4.78 is 5.57. The SMILES string of the molecule is CCc1cn[nH]c1NC(=O)C1=Cc2cc(Cl)ccc2OC1. The van der Waals surface area contributed by atoms with E-state index in [4.69, 9.17) is 16.3 Å². The molecule has 108 valence electrons. The van der Waals surface area contributed by atoms with Gasteiger partial charge in [0.2, 0.25) is 0 Å². The Bertz CT molecular complexity index is 721. The zero-order valence-electron chi connectivity index (χ0n) is 11.4. The number of ether oxygens (including phenoxy) is 1. The van der Waals surface area contributed by atoms with Crippen LogP contribution in [-0.2, 0) is 11.2 Å². The van der Waals surface area contributed by atoms with Crippen molar-refractivity contribution in [1.82, 2.24) is 10.2 Å². The second-order valence-corrected chi connectivity index (χ2v) is 5.15. The number of nitrogens with zero attached hydrogens (tertiary/aromatic N) is 1. The number of benzene rings is 1. The van der Waals surface area contributed by atoms with Gasteiger partial charge in [-0.15, -0.1) is 0 Å². The fourth-order valence-corrected chi connectivity index (χ4v) is 2.34. The number of rotatable bonds is 3. The van der Waals surface area contributed by atoms with Gasteiger partial charge in [0.25, 0.3) is 5.91 Å². The van der Waals surface area contributed by atoms with Crippen LogP contribution in [0.4, 0.5) is 5.82 Å². The van der Waals surface area contributed by atoms with Crippen molar-refractivity contribution in [3.63, 3.8) is 0 Å². The minimum absolute atomic E-state index is 0.209. The van der Waals surface area contributed by atoms with Gasteiger partial charge in [0.05, 0.1) is 11.8 Å². The molecule has 0 aliphatic carbocycles. The number of anilines is 1. The number of H-pyrrole nitrogens is 1. The molecule has 0 bridgehead atoms. The number of hydrogen-bond donors (Lipinski definition) is 2. The van der Waals surface area contributed by atoms with Gasteiger partial charge in [-0.2, -0.15) is 5.10 Å². The summed E-state index contributed by atoms with van der Waals surface area (Å²) in [7, 11) is 0. The predicted octanol–water partition coefficient (Wildman–Crippen LogP) is 3.04. The van der Waals surface area contributed by atoms with Gasteiger partial charge in [-0.25, -0.2) is 0 Å². The lowest BCUT2D eigenvalue weighted by Crippen LogP contribution is -2.21. The van der Waals surface area contributed by atoms with Crippen LogP contribution in [0, 0.1) is 0 Å². The Morgan fingerprint density at radius 2 is 2.38 bits per heavy atom. The summed E-state index contributed by atoms with van der Waals surface area (Å²) in [5, 5.41) is 10.1. The molecule has 5 nitrogen and oxygen atoms in total. The van der Waals surface area contributed by atoms with E-state index in [-0.39, 0.29) is 12.5 Å². The highest BCUT2D eigenvalue weighted by Crippen LogP contribution is 2.29. The molecule has 1 aromatic heterocycles. The Labute approximate surface area is 127 Å². The maximum absolute atomic E-state index is 12.3. The summed E-state index contributed by atoms with van der Waals surface area (Å²) in [6.45, 7) is 2.23. The average Bonchev–Trinajstić information content (AvgIpc) is 2.93. The first-order chi connectivity index (χ1) is 10.2. The molecule has 0 radical (unpaired) electrons. The third kappa shape index (κ3) is 2.78. The van der Waals surface area contributed by atoms with Crippen molar-refractivity contribution >= 4 is 29.4 Å². The Morgan fingerprint density at radius 1 is 1.52 bits per heavy atom. The van der Waals surface area contributed by atoms with E-state index >= 15 is 0 Å². The third-order valence-corrected chi connectivity index (χ3v) is 3.55. The number of carbonyl (C=O) groups excluding carboxylic acids is 1. The highest BCUT2D eigenvalue weighted by Gasteiger charge is 2.18. The number of aryl methyl sites for hydroxylation is 1. The minimum atomic E-state index is -0.209. The first-order valence-corrected chi connectivity index (χ1v) is 7.01. The Morgan fingerprint density at radius 3 is 3.19 bits per heavy atom. The monoisotopic (exact) mass is 303 g/mol. The van der Waals surface area contributed by atoms with E-state index in [0.29, 0.717) is 16.4 Å². The van der Waals surface area contributed by atoms with Crippen molar-refractivity contribution in [2.75, 3.05) is 11.9 Å². The highest BCUT2D eigenvalue weighted by molar-refractivity contribution is 6.30. The van der Waals surface area contributed by atoms with Crippen molar-refractivity contribution in [3.8, 4) is 5.75 Å². The molecule has 0 spiro atoms. The molecule has 1 aliphatic rings. The van der Waals surface area contributed by atoms with Crippen LogP contribution in [0.2, 0.25) is 5.02 Å². The molecule has 1 aliphatic heterocycles. The van der Waals surface area contributed by atoms with Gasteiger partial charge in [-0.05, 0) is 30.7 Å². The van der Waals surface area contributed by atoms with E-state index in [2.05, 4.69) is 15.5 Å². The zero-order valence-corrected chi connectivity index (χ0v) is 12.2. The van der Waals surface area contributed by atoms with Gasteiger partial charge < -0.3 is 10.1 Å². The molecule has 0 fully saturated rings. The van der Waals surface area contributed by atoms with Gasteiger partial charge in [0.15, 0.2) is 0 Å². The summed E-state index contributed by atoms with van der Waals surface area (Å²) in [6, 6.07) is 5.33. The normalized spacial score (nSPS) is 13.1. The topological polar surface area (TPSA) is 67.0 Å². The van der Waals surface area contributed by atoms with Gasteiger partial charge >= 0.3 is 0 Å². The molecule has 1 amide bonds. The lowest BCUT2D eigenvalue weighted by atomic mass is 10.1. The maximum atomic E-state index is 12.3. The van der Waals surface area contributed by atoms with Gasteiger partial charge in [0.1, 0.15) is 18.2 Å².